The zero-order chi connectivity index (χ0) is 41.1. The van der Waals surface area contributed by atoms with E-state index in [0.717, 1.165) is 55.2 Å². The van der Waals surface area contributed by atoms with E-state index in [-0.39, 0.29) is 36.5 Å². The highest BCUT2D eigenvalue weighted by Gasteiger charge is 2.79. The van der Waals surface area contributed by atoms with E-state index in [4.69, 9.17) is 4.74 Å². The first-order chi connectivity index (χ1) is 27.3. The third-order valence-corrected chi connectivity index (χ3v) is 15.4. The number of hydrogen-bond acceptors (Lipinski definition) is 8. The standard InChI is InChI=1S/C49H70N2O6/c1-34-13-14-39(28-37-10-8-11-38(27-37)29-45(4,51-31-34)23-26-57-6)35(2)9-7-12-42(33-54)46-18-20-48-41(17-25-52)16-15-40(43(48)36(3)32-53)30-47(56,22-24-50-5)49(48,21-19-46)44(46)55/h7-13,15-16,27,32,39-41,44,50-52,54-56H,2,14,17-26,28-31,33H2,1,3-6H3. The summed E-state index contributed by atoms with van der Waals surface area (Å²) in [6, 6.07) is 8.92. The Morgan fingerprint density at radius 2 is 1.89 bits per heavy atom. The molecule has 6 N–H and O–H groups in total. The van der Waals surface area contributed by atoms with E-state index in [2.05, 4.69) is 79.6 Å². The van der Waals surface area contributed by atoms with Crippen molar-refractivity contribution in [2.45, 2.75) is 109 Å². The summed E-state index contributed by atoms with van der Waals surface area (Å²) < 4.78 is 5.46. The van der Waals surface area contributed by atoms with Crippen molar-refractivity contribution in [2.24, 2.45) is 34.0 Å². The summed E-state index contributed by atoms with van der Waals surface area (Å²) in [5.74, 6) is -0.0777. The van der Waals surface area contributed by atoms with Crippen molar-refractivity contribution in [2.75, 3.05) is 47.1 Å². The van der Waals surface area contributed by atoms with Crippen LogP contribution in [0.2, 0.25) is 0 Å². The van der Waals surface area contributed by atoms with Gasteiger partial charge in [-0.05, 0) is 145 Å². The van der Waals surface area contributed by atoms with E-state index in [9.17, 15) is 25.2 Å². The predicted molar refractivity (Wildman–Crippen MR) is 229 cm³/mol. The zero-order valence-electron chi connectivity index (χ0n) is 35.3. The lowest BCUT2D eigenvalue weighted by atomic mass is 9.34. The van der Waals surface area contributed by atoms with Crippen LogP contribution in [0.3, 0.4) is 0 Å². The number of hydrogen-bond donors (Lipinski definition) is 6. The zero-order valence-corrected chi connectivity index (χ0v) is 35.3. The van der Waals surface area contributed by atoms with Gasteiger partial charge in [0.25, 0.3) is 0 Å². The fraction of sp³-hybridized carbons (Fsp3) is 0.612. The van der Waals surface area contributed by atoms with Crippen LogP contribution in [0, 0.1) is 34.0 Å². The second-order valence-electron chi connectivity index (χ2n) is 18.5. The molecule has 6 rings (SSSR count). The Kier molecular flexibility index (Phi) is 13.6. The van der Waals surface area contributed by atoms with Crippen molar-refractivity contribution in [3.05, 3.63) is 106 Å². The lowest BCUT2D eigenvalue weighted by Gasteiger charge is -2.71. The van der Waals surface area contributed by atoms with Gasteiger partial charge < -0.3 is 35.8 Å². The summed E-state index contributed by atoms with van der Waals surface area (Å²) >= 11 is 0. The molecule has 1 aromatic carbocycles. The van der Waals surface area contributed by atoms with Crippen LogP contribution in [0.15, 0.2) is 95.2 Å². The molecule has 1 aromatic rings. The number of ether oxygens (including phenoxy) is 1. The molecule has 0 saturated heterocycles. The highest BCUT2D eigenvalue weighted by atomic mass is 16.5. The van der Waals surface area contributed by atoms with Gasteiger partial charge in [-0.2, -0.15) is 0 Å². The number of allylic oxidation sites excluding steroid dienone is 9. The summed E-state index contributed by atoms with van der Waals surface area (Å²) in [6.45, 7) is 12.8. The summed E-state index contributed by atoms with van der Waals surface area (Å²) in [7, 11) is 3.64. The number of carbonyl (C=O) groups excluding carboxylic acids is 1. The van der Waals surface area contributed by atoms with Crippen LogP contribution in [0.25, 0.3) is 0 Å². The van der Waals surface area contributed by atoms with Gasteiger partial charge in [-0.25, -0.2) is 0 Å². The second kappa shape index (κ2) is 17.7. The number of methoxy groups -OCH3 is 1. The van der Waals surface area contributed by atoms with Gasteiger partial charge in [0.05, 0.1) is 18.3 Å². The number of fused-ring (bicyclic) bond motifs is 4. The molecule has 57 heavy (non-hydrogen) atoms. The first-order valence-corrected chi connectivity index (χ1v) is 21.5. The van der Waals surface area contributed by atoms with Gasteiger partial charge in [-0.1, -0.05) is 78.4 Å². The predicted octanol–water partition coefficient (Wildman–Crippen LogP) is 6.51. The Hall–Kier alpha value is -2.95. The van der Waals surface area contributed by atoms with Gasteiger partial charge >= 0.3 is 0 Å². The van der Waals surface area contributed by atoms with Gasteiger partial charge in [0.15, 0.2) is 0 Å². The fourth-order valence-corrected chi connectivity index (χ4v) is 12.6. The average Bonchev–Trinajstić information content (AvgIpc) is 3.40. The molecule has 9 unspecified atom stereocenters. The van der Waals surface area contributed by atoms with Gasteiger partial charge in [0.2, 0.25) is 0 Å². The van der Waals surface area contributed by atoms with Crippen molar-refractivity contribution >= 4 is 6.29 Å². The van der Waals surface area contributed by atoms with E-state index in [1.165, 1.54) is 16.7 Å². The molecule has 5 aliphatic rings. The maximum absolute atomic E-state index is 13.1. The van der Waals surface area contributed by atoms with Crippen LogP contribution in [0.1, 0.15) is 89.7 Å². The molecule has 8 heteroatoms. The minimum Gasteiger partial charge on any atom is -0.396 e. The summed E-state index contributed by atoms with van der Waals surface area (Å²) in [5, 5.41) is 54.7. The number of aliphatic hydroxyl groups is 4. The molecule has 8 nitrogen and oxygen atoms in total. The highest BCUT2D eigenvalue weighted by molar-refractivity contribution is 5.75. The molecule has 1 heterocycles. The van der Waals surface area contributed by atoms with Crippen LogP contribution in [0.5, 0.6) is 0 Å². The third-order valence-electron chi connectivity index (χ3n) is 15.4. The minimum atomic E-state index is -1.23. The van der Waals surface area contributed by atoms with Gasteiger partial charge in [-0.3, -0.25) is 4.79 Å². The Labute approximate surface area is 342 Å². The summed E-state index contributed by atoms with van der Waals surface area (Å²) in [4.78, 5) is 12.6. The van der Waals surface area contributed by atoms with Crippen LogP contribution in [-0.4, -0.2) is 91.0 Å². The Balaban J connectivity index is 1.32. The van der Waals surface area contributed by atoms with Crippen LogP contribution < -0.4 is 10.6 Å². The topological polar surface area (TPSA) is 131 Å². The molecule has 0 amide bonds. The third kappa shape index (κ3) is 7.69. The number of aldehydes is 1. The molecule has 312 valence electrons. The van der Waals surface area contributed by atoms with E-state index in [0.29, 0.717) is 63.7 Å². The molecular weight excluding hydrogens is 713 g/mol. The molecule has 2 spiro atoms. The minimum absolute atomic E-state index is 0.0232. The average molecular weight is 783 g/mol. The molecule has 6 bridgehead atoms. The Morgan fingerprint density at radius 3 is 2.61 bits per heavy atom. The maximum atomic E-state index is 13.1. The highest BCUT2D eigenvalue weighted by Crippen LogP contribution is 2.80. The molecule has 0 aromatic heterocycles. The van der Waals surface area contributed by atoms with E-state index in [1.54, 1.807) is 7.11 Å². The number of benzene rings is 1. The van der Waals surface area contributed by atoms with E-state index >= 15 is 0 Å². The molecule has 9 atom stereocenters. The van der Waals surface area contributed by atoms with Crippen LogP contribution in [0.4, 0.5) is 0 Å². The van der Waals surface area contributed by atoms with E-state index in [1.807, 2.05) is 26.1 Å². The fourth-order valence-electron chi connectivity index (χ4n) is 12.6. The van der Waals surface area contributed by atoms with Crippen molar-refractivity contribution < 1.29 is 30.0 Å². The number of carbonyl (C=O) groups is 1. The molecular formula is C49H70N2O6. The summed E-state index contributed by atoms with van der Waals surface area (Å²) in [5.41, 5.74) is 3.66. The molecule has 0 radical (unpaired) electrons. The van der Waals surface area contributed by atoms with Crippen molar-refractivity contribution in [3.8, 4) is 0 Å². The lowest BCUT2D eigenvalue weighted by Crippen LogP contribution is -2.73. The first kappa shape index (κ1) is 43.6. The number of aliphatic hydroxyl groups excluding tert-OH is 3. The largest absolute Gasteiger partial charge is 0.396 e. The molecule has 3 saturated carbocycles. The summed E-state index contributed by atoms with van der Waals surface area (Å²) in [6.07, 6.45) is 20.1. The van der Waals surface area contributed by atoms with Crippen molar-refractivity contribution in [1.82, 2.24) is 10.6 Å². The number of rotatable bonds is 14. The lowest BCUT2D eigenvalue weighted by molar-refractivity contribution is -0.256. The van der Waals surface area contributed by atoms with Crippen molar-refractivity contribution in [3.63, 3.8) is 0 Å². The Morgan fingerprint density at radius 1 is 1.12 bits per heavy atom. The molecule has 1 aliphatic heterocycles. The van der Waals surface area contributed by atoms with Gasteiger partial charge in [0, 0.05) is 54.6 Å². The van der Waals surface area contributed by atoms with Crippen LogP contribution >= 0.6 is 0 Å². The quantitative estimate of drug-likeness (QED) is 0.0546. The monoisotopic (exact) mass is 783 g/mol. The van der Waals surface area contributed by atoms with Crippen LogP contribution in [-0.2, 0) is 22.4 Å². The first-order valence-electron chi connectivity index (χ1n) is 21.5. The van der Waals surface area contributed by atoms with Gasteiger partial charge in [-0.15, -0.1) is 0 Å². The smallest absolute Gasteiger partial charge is 0.145 e. The normalized spacial score (nSPS) is 37.6. The molecule has 3 fully saturated rings. The Bertz CT molecular complexity index is 1790. The van der Waals surface area contributed by atoms with Crippen molar-refractivity contribution in [1.29, 1.82) is 0 Å². The maximum Gasteiger partial charge on any atom is 0.145 e. The SMILES string of the molecule is C=C(C=CC=C(CO)C12CCC34C(=C(C)C=O)C(C=CC3CCO)CC(O)(CCNC)C4(CC1)C2O)C1CC=C(C)CNC(C)(CCOC)Cc2cccc(c2)C1. The van der Waals surface area contributed by atoms with E-state index < -0.39 is 27.9 Å². The number of nitrogens with one attached hydrogen (secondary N) is 2. The van der Waals surface area contributed by atoms with Gasteiger partial charge in [0.1, 0.15) is 6.29 Å². The molecule has 4 aliphatic carbocycles. The second-order valence-corrected chi connectivity index (χ2v) is 18.5.